The maximum absolute atomic E-state index is 6.67. The largest absolute Gasteiger partial charge is 0.414 e. The highest BCUT2D eigenvalue weighted by Crippen LogP contribution is 2.38. The minimum absolute atomic E-state index is 0.249. The molecule has 0 heterocycles. The molecular formula is C19H32OSi. The second-order valence-corrected chi connectivity index (χ2v) is 12.4. The number of benzene rings is 1. The summed E-state index contributed by atoms with van der Waals surface area (Å²) in [5, 5.41) is 0.249. The van der Waals surface area contributed by atoms with Crippen LogP contribution in [0.5, 0.6) is 0 Å². The summed E-state index contributed by atoms with van der Waals surface area (Å²) in [6.07, 6.45) is 4.35. The van der Waals surface area contributed by atoms with Crippen molar-refractivity contribution in [2.75, 3.05) is 0 Å². The van der Waals surface area contributed by atoms with Gasteiger partial charge in [0.15, 0.2) is 8.32 Å². The van der Waals surface area contributed by atoms with E-state index in [9.17, 15) is 0 Å². The van der Waals surface area contributed by atoms with Crippen LogP contribution in [-0.2, 0) is 10.8 Å². The second kappa shape index (κ2) is 7.41. The third kappa shape index (κ3) is 5.80. The van der Waals surface area contributed by atoms with Crippen LogP contribution in [-0.4, -0.2) is 14.4 Å². The van der Waals surface area contributed by atoms with Crippen molar-refractivity contribution >= 4 is 8.32 Å². The van der Waals surface area contributed by atoms with Crippen LogP contribution in [0.3, 0.4) is 0 Å². The molecule has 0 bridgehead atoms. The summed E-state index contributed by atoms with van der Waals surface area (Å²) in [4.78, 5) is 0. The highest BCUT2D eigenvalue weighted by atomic mass is 28.4. The van der Waals surface area contributed by atoms with Crippen molar-refractivity contribution in [3.63, 3.8) is 0 Å². The van der Waals surface area contributed by atoms with Gasteiger partial charge in [-0.25, -0.2) is 0 Å². The van der Waals surface area contributed by atoms with Crippen LogP contribution in [0, 0.1) is 5.92 Å². The molecule has 0 saturated heterocycles. The van der Waals surface area contributed by atoms with Crippen LogP contribution >= 0.6 is 0 Å². The predicted octanol–water partition coefficient (Wildman–Crippen LogP) is 5.83. The molecule has 0 radical (unpaired) electrons. The lowest BCUT2D eigenvalue weighted by atomic mass is 9.99. The lowest BCUT2D eigenvalue weighted by molar-refractivity contribution is 0.160. The summed E-state index contributed by atoms with van der Waals surface area (Å²) < 4.78 is 6.67. The highest BCUT2D eigenvalue weighted by Gasteiger charge is 2.39. The maximum atomic E-state index is 6.67. The van der Waals surface area contributed by atoms with E-state index in [0.717, 1.165) is 12.8 Å². The molecule has 0 amide bonds. The Morgan fingerprint density at radius 3 is 2.24 bits per heavy atom. The Kier molecular flexibility index (Phi) is 6.42. The van der Waals surface area contributed by atoms with Gasteiger partial charge in [0.25, 0.3) is 0 Å². The summed E-state index contributed by atoms with van der Waals surface area (Å²) in [5.41, 5.74) is 1.36. The van der Waals surface area contributed by atoms with E-state index in [1.165, 1.54) is 5.56 Å². The van der Waals surface area contributed by atoms with Gasteiger partial charge in [-0.2, -0.15) is 0 Å². The third-order valence-electron chi connectivity index (χ3n) is 4.61. The first-order valence-electron chi connectivity index (χ1n) is 8.00. The number of hydrogen-bond acceptors (Lipinski definition) is 1. The Hall–Kier alpha value is -0.863. The van der Waals surface area contributed by atoms with E-state index in [0.29, 0.717) is 5.92 Å². The molecule has 1 rings (SSSR count). The van der Waals surface area contributed by atoms with Crippen LogP contribution in [0.4, 0.5) is 0 Å². The van der Waals surface area contributed by atoms with Crippen LogP contribution < -0.4 is 0 Å². The van der Waals surface area contributed by atoms with Crippen LogP contribution in [0.1, 0.15) is 39.7 Å². The smallest absolute Gasteiger partial charge is 0.192 e. The fraction of sp³-hybridized carbons (Fsp3) is 0.579. The van der Waals surface area contributed by atoms with Crippen LogP contribution in [0.2, 0.25) is 18.1 Å². The first-order chi connectivity index (χ1) is 9.65. The Bertz CT molecular complexity index is 431. The van der Waals surface area contributed by atoms with E-state index in [2.05, 4.69) is 77.7 Å². The van der Waals surface area contributed by atoms with Gasteiger partial charge in [-0.05, 0) is 42.5 Å². The van der Waals surface area contributed by atoms with Gasteiger partial charge in [0.05, 0.1) is 0 Å². The number of rotatable bonds is 7. The Morgan fingerprint density at radius 2 is 1.76 bits per heavy atom. The minimum atomic E-state index is -1.74. The molecule has 0 unspecified atom stereocenters. The monoisotopic (exact) mass is 304 g/mol. The van der Waals surface area contributed by atoms with E-state index < -0.39 is 8.32 Å². The molecule has 2 atom stereocenters. The number of allylic oxidation sites excluding steroid dienone is 1. The molecule has 0 fully saturated rings. The average Bonchev–Trinajstić information content (AvgIpc) is 2.37. The normalized spacial score (nSPS) is 15.5. The molecule has 21 heavy (non-hydrogen) atoms. The molecule has 1 aromatic carbocycles. The van der Waals surface area contributed by atoms with Crippen molar-refractivity contribution in [3.05, 3.63) is 48.6 Å². The zero-order valence-electron chi connectivity index (χ0n) is 14.6. The molecule has 0 N–H and O–H groups in total. The van der Waals surface area contributed by atoms with Crippen LogP contribution in [0.15, 0.2) is 43.0 Å². The summed E-state index contributed by atoms with van der Waals surface area (Å²) in [6.45, 7) is 17.7. The van der Waals surface area contributed by atoms with E-state index in [4.69, 9.17) is 4.43 Å². The van der Waals surface area contributed by atoms with E-state index in [-0.39, 0.29) is 11.1 Å². The van der Waals surface area contributed by atoms with Gasteiger partial charge in [0.2, 0.25) is 0 Å². The molecule has 0 aromatic heterocycles. The summed E-state index contributed by atoms with van der Waals surface area (Å²) in [6, 6.07) is 10.7. The van der Waals surface area contributed by atoms with Gasteiger partial charge in [0.1, 0.15) is 0 Å². The molecule has 0 aliphatic rings. The topological polar surface area (TPSA) is 9.23 Å². The quantitative estimate of drug-likeness (QED) is 0.455. The summed E-state index contributed by atoms with van der Waals surface area (Å²) in [7, 11) is -1.74. The van der Waals surface area contributed by atoms with Gasteiger partial charge in [-0.1, -0.05) is 64.1 Å². The molecule has 1 aromatic rings. The molecule has 0 spiro atoms. The fourth-order valence-electron chi connectivity index (χ4n) is 2.15. The third-order valence-corrected chi connectivity index (χ3v) is 9.15. The summed E-state index contributed by atoms with van der Waals surface area (Å²) in [5.74, 6) is 0.489. The zero-order valence-corrected chi connectivity index (χ0v) is 15.6. The molecule has 118 valence electrons. The Balaban J connectivity index is 2.85. The first kappa shape index (κ1) is 18.2. The SMILES string of the molecule is C=C[C@@H](C)C[C@@H](Cc1ccccc1)O[Si](C)(C)C(C)(C)C. The van der Waals surface area contributed by atoms with Gasteiger partial charge in [0, 0.05) is 6.10 Å². The van der Waals surface area contributed by atoms with Gasteiger partial charge < -0.3 is 4.43 Å². The molecule has 0 aliphatic carbocycles. The second-order valence-electron chi connectivity index (χ2n) is 7.64. The zero-order chi connectivity index (χ0) is 16.1. The molecule has 0 saturated carbocycles. The van der Waals surface area contributed by atoms with Crippen molar-refractivity contribution < 1.29 is 4.43 Å². The van der Waals surface area contributed by atoms with E-state index in [1.54, 1.807) is 0 Å². The highest BCUT2D eigenvalue weighted by molar-refractivity contribution is 6.74. The maximum Gasteiger partial charge on any atom is 0.192 e. The number of hydrogen-bond donors (Lipinski definition) is 0. The van der Waals surface area contributed by atoms with Crippen molar-refractivity contribution in [1.82, 2.24) is 0 Å². The van der Waals surface area contributed by atoms with Gasteiger partial charge in [-0.15, -0.1) is 6.58 Å². The Labute approximate surface area is 132 Å². The molecular weight excluding hydrogens is 272 g/mol. The van der Waals surface area contributed by atoms with E-state index >= 15 is 0 Å². The molecule has 2 heteroatoms. The van der Waals surface area contributed by atoms with Crippen molar-refractivity contribution in [3.8, 4) is 0 Å². The average molecular weight is 305 g/mol. The lowest BCUT2D eigenvalue weighted by Gasteiger charge is -2.40. The first-order valence-corrected chi connectivity index (χ1v) is 10.9. The van der Waals surface area contributed by atoms with Crippen molar-refractivity contribution in [1.29, 1.82) is 0 Å². The lowest BCUT2D eigenvalue weighted by Crippen LogP contribution is -2.44. The molecule has 0 aliphatic heterocycles. The standard InChI is InChI=1S/C19H32OSi/c1-8-16(2)14-18(15-17-12-10-9-11-13-17)20-21(6,7)19(3,4)5/h8-13,16,18H,1,14-15H2,2-7H3/t16-,18+/m1/s1. The predicted molar refractivity (Wildman–Crippen MR) is 96.2 cm³/mol. The van der Waals surface area contributed by atoms with Gasteiger partial charge in [-0.3, -0.25) is 0 Å². The summed E-state index contributed by atoms with van der Waals surface area (Å²) >= 11 is 0. The van der Waals surface area contributed by atoms with Crippen molar-refractivity contribution in [2.45, 2.75) is 64.8 Å². The van der Waals surface area contributed by atoms with Gasteiger partial charge >= 0.3 is 0 Å². The fourth-order valence-corrected chi connectivity index (χ4v) is 3.52. The minimum Gasteiger partial charge on any atom is -0.414 e. The molecule has 1 nitrogen and oxygen atoms in total. The van der Waals surface area contributed by atoms with E-state index in [1.807, 2.05) is 6.08 Å². The van der Waals surface area contributed by atoms with Crippen molar-refractivity contribution in [2.24, 2.45) is 5.92 Å². The Morgan fingerprint density at radius 1 is 1.19 bits per heavy atom. The van der Waals surface area contributed by atoms with Crippen LogP contribution in [0.25, 0.3) is 0 Å².